The standard InChI is InChI=1S/C22H19ClFN3O3/c1-30-18-6-5-15(20(24)19(18)14-3-2-4-16(23)10-14)9-13-11-25-22(26-12-13)27-8-7-17(27)21(28)29/h2-6,10-12,17H,7-9H2,1H3,(H,28,29). The molecule has 0 spiro atoms. The van der Waals surface area contributed by atoms with Gasteiger partial charge in [0.2, 0.25) is 5.95 Å². The lowest BCUT2D eigenvalue weighted by Gasteiger charge is -2.37. The third-order valence-electron chi connectivity index (χ3n) is 5.16. The molecule has 30 heavy (non-hydrogen) atoms. The minimum atomic E-state index is -0.886. The van der Waals surface area contributed by atoms with Crippen molar-refractivity contribution in [3.8, 4) is 16.9 Å². The lowest BCUT2D eigenvalue weighted by atomic mass is 9.98. The summed E-state index contributed by atoms with van der Waals surface area (Å²) in [6.07, 6.45) is 4.06. The Kier molecular flexibility index (Phi) is 5.55. The smallest absolute Gasteiger partial charge is 0.326 e. The quantitative estimate of drug-likeness (QED) is 0.635. The summed E-state index contributed by atoms with van der Waals surface area (Å²) in [5, 5.41) is 9.68. The zero-order valence-electron chi connectivity index (χ0n) is 16.2. The summed E-state index contributed by atoms with van der Waals surface area (Å²) in [6, 6.07) is 9.76. The number of aliphatic carboxylic acids is 1. The van der Waals surface area contributed by atoms with Crippen molar-refractivity contribution in [2.45, 2.75) is 18.9 Å². The summed E-state index contributed by atoms with van der Waals surface area (Å²) in [7, 11) is 1.50. The molecule has 1 aromatic heterocycles. The van der Waals surface area contributed by atoms with Gasteiger partial charge in [0.05, 0.1) is 12.7 Å². The highest BCUT2D eigenvalue weighted by atomic mass is 35.5. The maximum Gasteiger partial charge on any atom is 0.326 e. The minimum absolute atomic E-state index is 0.284. The molecule has 1 fully saturated rings. The van der Waals surface area contributed by atoms with Gasteiger partial charge in [0, 0.05) is 30.4 Å². The number of nitrogens with zero attached hydrogens (tertiary/aromatic N) is 3. The molecule has 2 heterocycles. The number of ether oxygens (including phenoxy) is 1. The van der Waals surface area contributed by atoms with Crippen LogP contribution in [0.4, 0.5) is 10.3 Å². The van der Waals surface area contributed by atoms with Crippen molar-refractivity contribution in [2.75, 3.05) is 18.6 Å². The van der Waals surface area contributed by atoms with Crippen LogP contribution in [0.2, 0.25) is 5.02 Å². The van der Waals surface area contributed by atoms with E-state index < -0.39 is 17.8 Å². The monoisotopic (exact) mass is 427 g/mol. The average Bonchev–Trinajstić information content (AvgIpc) is 2.69. The van der Waals surface area contributed by atoms with Gasteiger partial charge in [-0.05, 0) is 41.3 Å². The SMILES string of the molecule is COc1ccc(Cc2cnc(N3CCC3C(=O)O)nc2)c(F)c1-c1cccc(Cl)c1. The molecular weight excluding hydrogens is 409 g/mol. The van der Waals surface area contributed by atoms with Crippen molar-refractivity contribution in [1.29, 1.82) is 0 Å². The molecule has 0 radical (unpaired) electrons. The van der Waals surface area contributed by atoms with Gasteiger partial charge in [-0.2, -0.15) is 0 Å². The number of carboxylic acid groups (broad SMARTS) is 1. The van der Waals surface area contributed by atoms with E-state index >= 15 is 4.39 Å². The van der Waals surface area contributed by atoms with E-state index in [-0.39, 0.29) is 6.42 Å². The summed E-state index contributed by atoms with van der Waals surface area (Å²) < 4.78 is 20.8. The number of carboxylic acids is 1. The number of anilines is 1. The summed E-state index contributed by atoms with van der Waals surface area (Å²) in [5.74, 6) is -0.494. The predicted octanol–water partition coefficient (Wildman–Crippen LogP) is 4.20. The van der Waals surface area contributed by atoms with E-state index in [1.807, 2.05) is 0 Å². The summed E-state index contributed by atoms with van der Waals surface area (Å²) in [5.41, 5.74) is 2.16. The van der Waals surface area contributed by atoms with E-state index in [4.69, 9.17) is 21.4 Å². The van der Waals surface area contributed by atoms with Crippen LogP contribution in [0, 0.1) is 5.82 Å². The highest BCUT2D eigenvalue weighted by Gasteiger charge is 2.35. The van der Waals surface area contributed by atoms with Gasteiger partial charge in [-0.25, -0.2) is 19.2 Å². The number of rotatable bonds is 6. The second kappa shape index (κ2) is 8.28. The van der Waals surface area contributed by atoms with Gasteiger partial charge in [0.15, 0.2) is 0 Å². The molecule has 154 valence electrons. The van der Waals surface area contributed by atoms with Crippen LogP contribution in [0.25, 0.3) is 11.1 Å². The molecule has 3 aromatic rings. The van der Waals surface area contributed by atoms with Crippen LogP contribution in [0.1, 0.15) is 17.5 Å². The number of methoxy groups -OCH3 is 1. The zero-order valence-corrected chi connectivity index (χ0v) is 16.9. The Morgan fingerprint density at radius 2 is 2.07 bits per heavy atom. The topological polar surface area (TPSA) is 75.5 Å². The Balaban J connectivity index is 1.61. The molecule has 0 saturated carbocycles. The molecular formula is C22H19ClFN3O3. The summed E-state index contributed by atoms with van der Waals surface area (Å²) in [4.78, 5) is 21.4. The molecule has 6 nitrogen and oxygen atoms in total. The van der Waals surface area contributed by atoms with Crippen LogP contribution in [0.15, 0.2) is 48.8 Å². The first kappa shape index (κ1) is 20.1. The first-order chi connectivity index (χ1) is 14.5. The maximum atomic E-state index is 15.4. The van der Waals surface area contributed by atoms with E-state index in [0.717, 1.165) is 0 Å². The second-order valence-corrected chi connectivity index (χ2v) is 7.47. The van der Waals surface area contributed by atoms with Crippen LogP contribution in [0.5, 0.6) is 5.75 Å². The van der Waals surface area contributed by atoms with Crippen molar-refractivity contribution in [3.05, 3.63) is 70.8 Å². The molecule has 1 unspecified atom stereocenters. The van der Waals surface area contributed by atoms with E-state index in [2.05, 4.69) is 9.97 Å². The number of hydrogen-bond acceptors (Lipinski definition) is 5. The lowest BCUT2D eigenvalue weighted by molar-refractivity contribution is -0.140. The molecule has 1 aliphatic heterocycles. The van der Waals surface area contributed by atoms with Crippen molar-refractivity contribution < 1.29 is 19.0 Å². The number of halogens is 2. The fourth-order valence-electron chi connectivity index (χ4n) is 3.51. The van der Waals surface area contributed by atoms with Gasteiger partial charge in [-0.3, -0.25) is 0 Å². The Bertz CT molecular complexity index is 1090. The molecule has 0 bridgehead atoms. The highest BCUT2D eigenvalue weighted by molar-refractivity contribution is 6.30. The molecule has 1 atom stereocenters. The molecule has 1 saturated heterocycles. The van der Waals surface area contributed by atoms with Gasteiger partial charge in [-0.15, -0.1) is 0 Å². The molecule has 0 aliphatic carbocycles. The molecule has 0 amide bonds. The normalized spacial score (nSPS) is 15.6. The van der Waals surface area contributed by atoms with Gasteiger partial charge in [0.25, 0.3) is 0 Å². The molecule has 8 heteroatoms. The van der Waals surface area contributed by atoms with Crippen molar-refractivity contribution >= 4 is 23.5 Å². The third-order valence-corrected chi connectivity index (χ3v) is 5.40. The number of benzene rings is 2. The Labute approximate surface area is 177 Å². The van der Waals surface area contributed by atoms with Crippen molar-refractivity contribution in [3.63, 3.8) is 0 Å². The van der Waals surface area contributed by atoms with E-state index in [0.29, 0.717) is 51.9 Å². The lowest BCUT2D eigenvalue weighted by Crippen LogP contribution is -2.53. The van der Waals surface area contributed by atoms with E-state index in [9.17, 15) is 4.79 Å². The second-order valence-electron chi connectivity index (χ2n) is 7.03. The van der Waals surface area contributed by atoms with E-state index in [1.165, 1.54) is 7.11 Å². The molecule has 4 rings (SSSR count). The highest BCUT2D eigenvalue weighted by Crippen LogP contribution is 2.36. The Morgan fingerprint density at radius 1 is 1.30 bits per heavy atom. The van der Waals surface area contributed by atoms with Gasteiger partial charge < -0.3 is 14.7 Å². The number of hydrogen-bond donors (Lipinski definition) is 1. The van der Waals surface area contributed by atoms with Crippen LogP contribution in [-0.4, -0.2) is 40.7 Å². The molecule has 1 N–H and O–H groups in total. The molecule has 2 aromatic carbocycles. The summed E-state index contributed by atoms with van der Waals surface area (Å²) in [6.45, 7) is 0.604. The van der Waals surface area contributed by atoms with Crippen LogP contribution >= 0.6 is 11.6 Å². The van der Waals surface area contributed by atoms with Crippen LogP contribution in [0.3, 0.4) is 0 Å². The first-order valence-electron chi connectivity index (χ1n) is 9.39. The van der Waals surface area contributed by atoms with Gasteiger partial charge in [-0.1, -0.05) is 29.8 Å². The largest absolute Gasteiger partial charge is 0.496 e. The fourth-order valence-corrected chi connectivity index (χ4v) is 3.70. The Hall–Kier alpha value is -3.19. The first-order valence-corrected chi connectivity index (χ1v) is 9.77. The number of carbonyl (C=O) groups is 1. The van der Waals surface area contributed by atoms with Crippen LogP contribution < -0.4 is 9.64 Å². The third kappa shape index (κ3) is 3.80. The Morgan fingerprint density at radius 3 is 2.67 bits per heavy atom. The summed E-state index contributed by atoms with van der Waals surface area (Å²) >= 11 is 6.08. The fraction of sp³-hybridized carbons (Fsp3) is 0.227. The minimum Gasteiger partial charge on any atom is -0.496 e. The molecule has 1 aliphatic rings. The van der Waals surface area contributed by atoms with Crippen molar-refractivity contribution in [1.82, 2.24) is 9.97 Å². The average molecular weight is 428 g/mol. The predicted molar refractivity (Wildman–Crippen MR) is 112 cm³/mol. The zero-order chi connectivity index (χ0) is 21.3. The van der Waals surface area contributed by atoms with Crippen molar-refractivity contribution in [2.24, 2.45) is 0 Å². The van der Waals surface area contributed by atoms with E-state index in [1.54, 1.807) is 53.7 Å². The number of aromatic nitrogens is 2. The van der Waals surface area contributed by atoms with Gasteiger partial charge >= 0.3 is 5.97 Å². The van der Waals surface area contributed by atoms with Crippen LogP contribution in [-0.2, 0) is 11.2 Å². The maximum absolute atomic E-state index is 15.4. The van der Waals surface area contributed by atoms with Gasteiger partial charge in [0.1, 0.15) is 17.6 Å².